The Balaban J connectivity index is 2.01. The highest BCUT2D eigenvalue weighted by molar-refractivity contribution is 5.67. The van der Waals surface area contributed by atoms with Crippen molar-refractivity contribution in [1.29, 1.82) is 0 Å². The first kappa shape index (κ1) is 19.6. The lowest BCUT2D eigenvalue weighted by molar-refractivity contribution is -0.155. The van der Waals surface area contributed by atoms with Crippen LogP contribution in [0.2, 0.25) is 0 Å². The van der Waals surface area contributed by atoms with E-state index < -0.39 is 23.6 Å². The Bertz CT molecular complexity index is 895. The highest BCUT2D eigenvalue weighted by Crippen LogP contribution is 2.58. The van der Waals surface area contributed by atoms with Gasteiger partial charge in [-0.1, -0.05) is 6.07 Å². The molecule has 1 aliphatic heterocycles. The summed E-state index contributed by atoms with van der Waals surface area (Å²) in [5, 5.41) is 21.9. The SMILES string of the molecule is COC1=C2[C@H]3Cc4ccc(OC)c(O)c4[C@]2(CCN3C=O)C[C@H](OC(C)=O)[C@@H]1O. The Morgan fingerprint density at radius 3 is 2.69 bits per heavy atom. The van der Waals surface area contributed by atoms with Gasteiger partial charge in [0.1, 0.15) is 18.0 Å². The predicted molar refractivity (Wildman–Crippen MR) is 101 cm³/mol. The molecule has 4 rings (SSSR count). The summed E-state index contributed by atoms with van der Waals surface area (Å²) in [5.74, 6) is 0.181. The number of aromatic hydroxyl groups is 1. The van der Waals surface area contributed by atoms with Crippen molar-refractivity contribution in [2.75, 3.05) is 20.8 Å². The van der Waals surface area contributed by atoms with E-state index in [1.165, 1.54) is 21.1 Å². The fourth-order valence-electron chi connectivity index (χ4n) is 5.44. The molecule has 8 nitrogen and oxygen atoms in total. The lowest BCUT2D eigenvalue weighted by Gasteiger charge is -2.56. The molecule has 0 unspecified atom stereocenters. The van der Waals surface area contributed by atoms with Crippen molar-refractivity contribution in [2.24, 2.45) is 0 Å². The molecular formula is C21H25NO7. The van der Waals surface area contributed by atoms with E-state index in [0.717, 1.165) is 17.5 Å². The Labute approximate surface area is 168 Å². The number of carbonyl (C=O) groups excluding carboxylic acids is 2. The van der Waals surface area contributed by atoms with Crippen LogP contribution in [0.3, 0.4) is 0 Å². The third-order valence-electron chi connectivity index (χ3n) is 6.49. The van der Waals surface area contributed by atoms with Crippen LogP contribution < -0.4 is 4.74 Å². The van der Waals surface area contributed by atoms with Crippen molar-refractivity contribution in [2.45, 2.75) is 49.9 Å². The second-order valence-corrected chi connectivity index (χ2v) is 7.82. The second kappa shape index (κ2) is 6.95. The van der Waals surface area contributed by atoms with Gasteiger partial charge in [0.2, 0.25) is 6.41 Å². The maximum atomic E-state index is 11.8. The number of methoxy groups -OCH3 is 2. The second-order valence-electron chi connectivity index (χ2n) is 7.82. The lowest BCUT2D eigenvalue weighted by Crippen LogP contribution is -2.60. The van der Waals surface area contributed by atoms with E-state index in [2.05, 4.69) is 0 Å². The summed E-state index contributed by atoms with van der Waals surface area (Å²) in [4.78, 5) is 25.1. The van der Waals surface area contributed by atoms with Crippen LogP contribution in [-0.4, -0.2) is 66.5 Å². The topological polar surface area (TPSA) is 106 Å². The van der Waals surface area contributed by atoms with Gasteiger partial charge in [0.15, 0.2) is 11.5 Å². The summed E-state index contributed by atoms with van der Waals surface area (Å²) in [6.45, 7) is 1.77. The fourth-order valence-corrected chi connectivity index (χ4v) is 5.44. The molecule has 4 atom stereocenters. The number of amides is 1. The third-order valence-corrected chi connectivity index (χ3v) is 6.49. The van der Waals surface area contributed by atoms with E-state index in [1.807, 2.05) is 6.07 Å². The molecule has 2 N–H and O–H groups in total. The molecule has 0 radical (unpaired) electrons. The summed E-state index contributed by atoms with van der Waals surface area (Å²) in [6, 6.07) is 3.30. The third kappa shape index (κ3) is 2.69. The van der Waals surface area contributed by atoms with Crippen molar-refractivity contribution in [3.63, 3.8) is 0 Å². The van der Waals surface area contributed by atoms with Crippen molar-refractivity contribution >= 4 is 12.4 Å². The monoisotopic (exact) mass is 403 g/mol. The van der Waals surface area contributed by atoms with E-state index in [4.69, 9.17) is 14.2 Å². The molecule has 8 heteroatoms. The number of benzene rings is 1. The first-order valence-corrected chi connectivity index (χ1v) is 9.62. The highest BCUT2D eigenvalue weighted by atomic mass is 16.6. The fraction of sp³-hybridized carbons (Fsp3) is 0.524. The van der Waals surface area contributed by atoms with Crippen LogP contribution in [0, 0.1) is 0 Å². The van der Waals surface area contributed by atoms with E-state index >= 15 is 0 Å². The first-order valence-electron chi connectivity index (χ1n) is 9.62. The van der Waals surface area contributed by atoms with Gasteiger partial charge in [-0.15, -0.1) is 0 Å². The molecule has 29 heavy (non-hydrogen) atoms. The van der Waals surface area contributed by atoms with E-state index in [9.17, 15) is 19.8 Å². The van der Waals surface area contributed by atoms with Crippen molar-refractivity contribution in [3.05, 3.63) is 34.6 Å². The zero-order valence-corrected chi connectivity index (χ0v) is 16.7. The maximum absolute atomic E-state index is 11.8. The van der Waals surface area contributed by atoms with E-state index in [0.29, 0.717) is 36.5 Å². The van der Waals surface area contributed by atoms with E-state index in [1.54, 1.807) is 11.0 Å². The van der Waals surface area contributed by atoms with Crippen molar-refractivity contribution < 1.29 is 34.0 Å². The Kier molecular flexibility index (Phi) is 4.69. The number of esters is 1. The summed E-state index contributed by atoms with van der Waals surface area (Å²) >= 11 is 0. The summed E-state index contributed by atoms with van der Waals surface area (Å²) in [7, 11) is 2.95. The molecule has 1 fully saturated rings. The number of piperidine rings is 1. The van der Waals surface area contributed by atoms with Crippen molar-refractivity contribution in [1.82, 2.24) is 4.90 Å². The number of phenolic OH excluding ortho intramolecular Hbond substituents is 1. The molecule has 1 amide bonds. The smallest absolute Gasteiger partial charge is 0.303 e. The van der Waals surface area contributed by atoms with Gasteiger partial charge in [-0.3, -0.25) is 9.59 Å². The number of carbonyl (C=O) groups is 2. The van der Waals surface area contributed by atoms with Crippen LogP contribution in [0.4, 0.5) is 0 Å². The Morgan fingerprint density at radius 1 is 1.31 bits per heavy atom. The summed E-state index contributed by atoms with van der Waals surface area (Å²) < 4.78 is 16.4. The van der Waals surface area contributed by atoms with Crippen LogP contribution in [-0.2, 0) is 30.9 Å². The van der Waals surface area contributed by atoms with Gasteiger partial charge in [-0.25, -0.2) is 0 Å². The number of aliphatic hydroxyl groups excluding tert-OH is 1. The van der Waals surface area contributed by atoms with Gasteiger partial charge < -0.3 is 29.3 Å². The van der Waals surface area contributed by atoms with Crippen LogP contribution in [0.5, 0.6) is 11.5 Å². The van der Waals surface area contributed by atoms with Gasteiger partial charge in [0.25, 0.3) is 0 Å². The zero-order valence-electron chi connectivity index (χ0n) is 16.7. The number of fused-ring (bicyclic) bond motifs is 1. The average Bonchev–Trinajstić information content (AvgIpc) is 2.68. The molecule has 156 valence electrons. The molecule has 0 spiro atoms. The van der Waals surface area contributed by atoms with Crippen LogP contribution in [0.15, 0.2) is 23.5 Å². The minimum Gasteiger partial charge on any atom is -0.504 e. The molecule has 2 aliphatic carbocycles. The Morgan fingerprint density at radius 2 is 2.07 bits per heavy atom. The number of phenols is 1. The molecular weight excluding hydrogens is 378 g/mol. The first-order chi connectivity index (χ1) is 13.9. The highest BCUT2D eigenvalue weighted by Gasteiger charge is 2.58. The number of aliphatic hydroxyl groups is 1. The maximum Gasteiger partial charge on any atom is 0.303 e. The minimum absolute atomic E-state index is 0.0360. The largest absolute Gasteiger partial charge is 0.504 e. The van der Waals surface area contributed by atoms with Gasteiger partial charge in [-0.2, -0.15) is 0 Å². The minimum atomic E-state index is -1.14. The molecule has 2 bridgehead atoms. The molecule has 1 aromatic carbocycles. The molecule has 3 aliphatic rings. The molecule has 1 heterocycles. The number of hydrogen-bond acceptors (Lipinski definition) is 7. The lowest BCUT2D eigenvalue weighted by atomic mass is 9.55. The zero-order chi connectivity index (χ0) is 20.9. The quantitative estimate of drug-likeness (QED) is 0.571. The standard InChI is InChI=1S/C21H25NO7/c1-11(24)29-15-9-21-6-7-22(10-23)13(17(21)20(28-3)19(15)26)8-12-4-5-14(27-2)18(25)16(12)21/h4-5,10,13,15,19,25-26H,6-9H2,1-3H3/t13-,15+,19+,21+/m1/s1. The number of hydrogen-bond donors (Lipinski definition) is 2. The number of rotatable bonds is 4. The van der Waals surface area contributed by atoms with Gasteiger partial charge >= 0.3 is 5.97 Å². The van der Waals surface area contributed by atoms with Crippen molar-refractivity contribution in [3.8, 4) is 11.5 Å². The Hall–Kier alpha value is -2.74. The van der Waals surface area contributed by atoms with Gasteiger partial charge in [0.05, 0.1) is 20.3 Å². The molecule has 0 saturated carbocycles. The normalized spacial score (nSPS) is 30.2. The number of likely N-dealkylation sites (tertiary alicyclic amines) is 1. The predicted octanol–water partition coefficient (Wildman–Crippen LogP) is 1.02. The number of nitrogens with zero attached hydrogens (tertiary/aromatic N) is 1. The molecule has 0 aromatic heterocycles. The van der Waals surface area contributed by atoms with Crippen LogP contribution in [0.25, 0.3) is 0 Å². The summed E-state index contributed by atoms with van der Waals surface area (Å²) in [6.07, 6.45) is 0.116. The van der Waals surface area contributed by atoms with Crippen LogP contribution in [0.1, 0.15) is 30.9 Å². The van der Waals surface area contributed by atoms with Gasteiger partial charge in [-0.05, 0) is 24.5 Å². The molecule has 1 saturated heterocycles. The van der Waals surface area contributed by atoms with Crippen LogP contribution >= 0.6 is 0 Å². The molecule has 1 aromatic rings. The average molecular weight is 403 g/mol. The summed E-state index contributed by atoms with van der Waals surface area (Å²) in [5.41, 5.74) is 1.63. The number of ether oxygens (including phenoxy) is 3. The van der Waals surface area contributed by atoms with Gasteiger partial charge in [0, 0.05) is 36.4 Å². The van der Waals surface area contributed by atoms with E-state index in [-0.39, 0.29) is 18.2 Å².